The molecule has 0 aromatic heterocycles. The maximum atomic E-state index is 8.86. The summed E-state index contributed by atoms with van der Waals surface area (Å²) in [6, 6.07) is 0. The first-order valence-electron chi connectivity index (χ1n) is 3.82. The Morgan fingerprint density at radius 2 is 2.46 bits per heavy atom. The zero-order valence-electron chi connectivity index (χ0n) is 7.10. The van der Waals surface area contributed by atoms with Crippen LogP contribution in [0.15, 0.2) is 28.1 Å². The molecule has 0 radical (unpaired) electrons. The molecule has 13 heavy (non-hydrogen) atoms. The Hall–Kier alpha value is -0.980. The van der Waals surface area contributed by atoms with Gasteiger partial charge in [0.1, 0.15) is 6.73 Å². The Morgan fingerprint density at radius 1 is 1.69 bits per heavy atom. The number of hydrazine groups is 2. The van der Waals surface area contributed by atoms with E-state index >= 15 is 0 Å². The molecule has 6 heteroatoms. The molecule has 0 aromatic rings. The minimum absolute atomic E-state index is 0.102. The minimum atomic E-state index is -0.102. The van der Waals surface area contributed by atoms with Crippen LogP contribution in [-0.2, 0) is 0 Å². The first kappa shape index (κ1) is 8.61. The number of nitrogens with zero attached hydrogens (tertiary/aromatic N) is 3. The molecule has 0 fully saturated rings. The van der Waals surface area contributed by atoms with Crippen LogP contribution < -0.4 is 5.53 Å². The molecule has 0 unspecified atom stereocenters. The summed E-state index contributed by atoms with van der Waals surface area (Å²) in [6.45, 7) is 1.80. The summed E-state index contributed by atoms with van der Waals surface area (Å²) < 4.78 is 0. The highest BCUT2D eigenvalue weighted by atomic mass is 32.1. The van der Waals surface area contributed by atoms with Crippen LogP contribution in [0.1, 0.15) is 6.92 Å². The maximum absolute atomic E-state index is 8.86. The highest BCUT2D eigenvalue weighted by Crippen LogP contribution is 2.23. The Labute approximate surface area is 81.4 Å². The first-order chi connectivity index (χ1) is 6.20. The van der Waals surface area contributed by atoms with Crippen molar-refractivity contribution in [2.45, 2.75) is 6.92 Å². The van der Waals surface area contributed by atoms with E-state index < -0.39 is 0 Å². The maximum Gasteiger partial charge on any atom is 0.167 e. The number of aliphatic hydroxyl groups excluding tert-OH is 1. The molecule has 5 nitrogen and oxygen atoms in total. The number of allylic oxidation sites excluding steroid dienone is 1. The summed E-state index contributed by atoms with van der Waals surface area (Å²) in [6.07, 6.45) is 3.56. The number of aliphatic imine (C=N–C) groups is 1. The van der Waals surface area contributed by atoms with Gasteiger partial charge in [0, 0.05) is 5.71 Å². The van der Waals surface area contributed by atoms with Crippen molar-refractivity contribution < 1.29 is 5.11 Å². The number of hydrogen-bond acceptors (Lipinski definition) is 6. The number of rotatable bonds is 1. The number of hydrogen-bond donors (Lipinski definition) is 3. The molecule has 70 valence electrons. The Bertz CT molecular complexity index is 322. The average molecular weight is 198 g/mol. The van der Waals surface area contributed by atoms with Crippen molar-refractivity contribution in [3.63, 3.8) is 0 Å². The number of fused-ring (bicyclic) bond motifs is 1. The van der Waals surface area contributed by atoms with Gasteiger partial charge in [-0.05, 0) is 13.0 Å². The highest BCUT2D eigenvalue weighted by molar-refractivity contribution is 7.84. The smallest absolute Gasteiger partial charge is 0.167 e. The fraction of sp³-hybridized carbons (Fsp3) is 0.286. The second-order valence-electron chi connectivity index (χ2n) is 2.79. The molecule has 0 saturated carbocycles. The largest absolute Gasteiger partial charge is 0.375 e. The van der Waals surface area contributed by atoms with E-state index in [-0.39, 0.29) is 6.73 Å². The lowest BCUT2D eigenvalue weighted by molar-refractivity contribution is 0.0681. The predicted octanol–water partition coefficient (Wildman–Crippen LogP) is 0.0180. The predicted molar refractivity (Wildman–Crippen MR) is 52.2 cm³/mol. The summed E-state index contributed by atoms with van der Waals surface area (Å²) in [4.78, 5) is 4.26. The van der Waals surface area contributed by atoms with Gasteiger partial charge in [0.2, 0.25) is 0 Å². The van der Waals surface area contributed by atoms with Crippen molar-refractivity contribution in [1.29, 1.82) is 0 Å². The number of nitrogens with one attached hydrogen (secondary N) is 1. The van der Waals surface area contributed by atoms with Gasteiger partial charge in [-0.3, -0.25) is 5.01 Å². The lowest BCUT2D eigenvalue weighted by atomic mass is 10.3. The van der Waals surface area contributed by atoms with Crippen molar-refractivity contribution >= 4 is 18.3 Å². The second kappa shape index (κ2) is 3.06. The third kappa shape index (κ3) is 1.43. The molecule has 0 aromatic carbocycles. The van der Waals surface area contributed by atoms with Crippen molar-refractivity contribution in [2.24, 2.45) is 4.99 Å². The van der Waals surface area contributed by atoms with Crippen LogP contribution in [0.25, 0.3) is 0 Å². The highest BCUT2D eigenvalue weighted by Gasteiger charge is 2.24. The van der Waals surface area contributed by atoms with Crippen molar-refractivity contribution in [1.82, 2.24) is 15.6 Å². The van der Waals surface area contributed by atoms with Crippen molar-refractivity contribution in [3.8, 4) is 0 Å². The van der Waals surface area contributed by atoms with Crippen LogP contribution in [0.4, 0.5) is 0 Å². The monoisotopic (exact) mass is 198 g/mol. The Balaban J connectivity index is 2.29. The van der Waals surface area contributed by atoms with E-state index in [9.17, 15) is 0 Å². The quantitative estimate of drug-likeness (QED) is 0.520. The summed E-state index contributed by atoms with van der Waals surface area (Å²) in [5.74, 6) is 0.735. The van der Waals surface area contributed by atoms with Gasteiger partial charge in [-0.2, -0.15) is 0 Å². The molecular formula is C7H10N4OS. The Morgan fingerprint density at radius 3 is 3.15 bits per heavy atom. The fourth-order valence-electron chi connectivity index (χ4n) is 1.19. The third-order valence-corrected chi connectivity index (χ3v) is 2.07. The average Bonchev–Trinajstić information content (AvgIpc) is 2.47. The van der Waals surface area contributed by atoms with E-state index in [0.717, 1.165) is 16.6 Å². The van der Waals surface area contributed by atoms with Crippen LogP contribution in [0.3, 0.4) is 0 Å². The zero-order valence-corrected chi connectivity index (χ0v) is 7.99. The third-order valence-electron chi connectivity index (χ3n) is 1.74. The molecule has 0 amide bonds. The van der Waals surface area contributed by atoms with Gasteiger partial charge in [-0.1, -0.05) is 0 Å². The molecule has 0 aliphatic carbocycles. The van der Waals surface area contributed by atoms with Gasteiger partial charge in [-0.25, -0.2) is 10.0 Å². The number of aliphatic hydroxyl groups is 1. The lowest BCUT2D eigenvalue weighted by Gasteiger charge is -2.24. The number of thiol groups is 1. The van der Waals surface area contributed by atoms with Gasteiger partial charge >= 0.3 is 0 Å². The molecular weight excluding hydrogens is 188 g/mol. The molecule has 0 spiro atoms. The van der Waals surface area contributed by atoms with Crippen molar-refractivity contribution in [3.05, 3.63) is 23.1 Å². The van der Waals surface area contributed by atoms with Gasteiger partial charge in [0.05, 0.1) is 11.2 Å². The summed E-state index contributed by atoms with van der Waals surface area (Å²) in [5.41, 5.74) is 3.78. The van der Waals surface area contributed by atoms with Gasteiger partial charge in [-0.15, -0.1) is 18.2 Å². The molecule has 2 N–H and O–H groups in total. The van der Waals surface area contributed by atoms with Gasteiger partial charge in [0.15, 0.2) is 5.82 Å². The molecule has 2 rings (SSSR count). The van der Waals surface area contributed by atoms with E-state index in [0.29, 0.717) is 0 Å². The van der Waals surface area contributed by atoms with Gasteiger partial charge in [0.25, 0.3) is 0 Å². The molecule has 0 atom stereocenters. The zero-order chi connectivity index (χ0) is 9.42. The normalized spacial score (nSPS) is 21.0. The lowest BCUT2D eigenvalue weighted by Crippen LogP contribution is -2.40. The molecule has 2 aliphatic rings. The van der Waals surface area contributed by atoms with Crippen LogP contribution in [0.2, 0.25) is 0 Å². The van der Waals surface area contributed by atoms with E-state index in [4.69, 9.17) is 5.11 Å². The topological polar surface area (TPSA) is 51.1 Å². The summed E-state index contributed by atoms with van der Waals surface area (Å²) in [7, 11) is 0. The molecule has 0 saturated heterocycles. The SMILES string of the molecule is CC1=NC2=CN(CO)NN2C(S)=C1. The van der Waals surface area contributed by atoms with E-state index in [1.165, 1.54) is 5.01 Å². The summed E-state index contributed by atoms with van der Waals surface area (Å²) in [5, 5.41) is 12.8. The van der Waals surface area contributed by atoms with Crippen molar-refractivity contribution in [2.75, 3.05) is 6.73 Å². The minimum Gasteiger partial charge on any atom is -0.375 e. The van der Waals surface area contributed by atoms with E-state index in [1.54, 1.807) is 11.2 Å². The molecule has 2 heterocycles. The summed E-state index contributed by atoms with van der Waals surface area (Å²) >= 11 is 4.27. The van der Waals surface area contributed by atoms with E-state index in [1.807, 2.05) is 13.0 Å². The Kier molecular flexibility index (Phi) is 2.03. The van der Waals surface area contributed by atoms with Crippen LogP contribution in [0.5, 0.6) is 0 Å². The molecule has 0 bridgehead atoms. The van der Waals surface area contributed by atoms with Gasteiger partial charge < -0.3 is 5.11 Å². The second-order valence-corrected chi connectivity index (χ2v) is 3.25. The van der Waals surface area contributed by atoms with Crippen LogP contribution >= 0.6 is 12.6 Å². The van der Waals surface area contributed by atoms with E-state index in [2.05, 4.69) is 23.2 Å². The first-order valence-corrected chi connectivity index (χ1v) is 4.27. The molecule has 2 aliphatic heterocycles. The van der Waals surface area contributed by atoms with Crippen LogP contribution in [-0.4, -0.2) is 27.6 Å². The standard InChI is InChI=1S/C7H10N4OS/c1-5-2-7(13)11-6(8-5)3-10(4-12)9-11/h2-3,9,12-13H,4H2,1H3. The van der Waals surface area contributed by atoms with Crippen LogP contribution in [0, 0.1) is 0 Å². The fourth-order valence-corrected chi connectivity index (χ4v) is 1.52.